The zero-order valence-corrected chi connectivity index (χ0v) is 17.5. The first-order valence-corrected chi connectivity index (χ1v) is 10.6. The molecule has 9 nitrogen and oxygen atoms in total. The summed E-state index contributed by atoms with van der Waals surface area (Å²) in [5.74, 6) is -0.934. The Hall–Kier alpha value is -3.18. The molecule has 1 aliphatic heterocycles. The molecular formula is C20H21FN6O3S. The van der Waals surface area contributed by atoms with E-state index in [1.54, 1.807) is 17.2 Å². The SMILES string of the molecule is CC(Nc1nc(C(=O)N2CC(C(=O)NCCO)C2)c2sccc2n1)c1cncc(F)c1. The molecule has 1 saturated heterocycles. The number of carbonyl (C=O) groups excluding carboxylic acids is 2. The average Bonchev–Trinajstić information content (AvgIpc) is 3.19. The van der Waals surface area contributed by atoms with E-state index in [9.17, 15) is 14.0 Å². The summed E-state index contributed by atoms with van der Waals surface area (Å²) in [6.45, 7) is 2.48. The van der Waals surface area contributed by atoms with Crippen LogP contribution in [0.15, 0.2) is 29.9 Å². The molecule has 1 unspecified atom stereocenters. The maximum absolute atomic E-state index is 13.5. The molecule has 11 heteroatoms. The van der Waals surface area contributed by atoms with Crippen molar-refractivity contribution in [3.05, 3.63) is 47.0 Å². The number of rotatable bonds is 7. The fourth-order valence-corrected chi connectivity index (χ4v) is 4.11. The second-order valence-electron chi connectivity index (χ2n) is 7.25. The van der Waals surface area contributed by atoms with E-state index in [2.05, 4.69) is 25.6 Å². The minimum absolute atomic E-state index is 0.127. The molecule has 1 atom stereocenters. The molecule has 2 amide bonds. The van der Waals surface area contributed by atoms with Crippen LogP contribution in [0.25, 0.3) is 10.2 Å². The molecule has 3 aromatic rings. The number of nitrogens with zero attached hydrogens (tertiary/aromatic N) is 4. The number of hydrogen-bond acceptors (Lipinski definition) is 8. The van der Waals surface area contributed by atoms with E-state index in [4.69, 9.17) is 5.11 Å². The zero-order chi connectivity index (χ0) is 22.0. The van der Waals surface area contributed by atoms with Gasteiger partial charge >= 0.3 is 0 Å². The number of aliphatic hydroxyl groups is 1. The molecule has 0 spiro atoms. The lowest BCUT2D eigenvalue weighted by Gasteiger charge is -2.38. The number of amides is 2. The summed E-state index contributed by atoms with van der Waals surface area (Å²) >= 11 is 1.37. The molecule has 0 aromatic carbocycles. The highest BCUT2D eigenvalue weighted by Crippen LogP contribution is 2.28. The topological polar surface area (TPSA) is 120 Å². The van der Waals surface area contributed by atoms with Gasteiger partial charge in [0.15, 0.2) is 5.69 Å². The van der Waals surface area contributed by atoms with Crippen LogP contribution < -0.4 is 10.6 Å². The molecule has 0 radical (unpaired) electrons. The molecule has 4 rings (SSSR count). The van der Waals surface area contributed by atoms with Crippen LogP contribution in [-0.4, -0.2) is 63.0 Å². The quantitative estimate of drug-likeness (QED) is 0.506. The smallest absolute Gasteiger partial charge is 0.274 e. The number of carbonyl (C=O) groups is 2. The third-order valence-corrected chi connectivity index (χ3v) is 5.94. The fraction of sp³-hybridized carbons (Fsp3) is 0.350. The Morgan fingerprint density at radius 3 is 2.90 bits per heavy atom. The second-order valence-corrected chi connectivity index (χ2v) is 8.17. The van der Waals surface area contributed by atoms with E-state index in [1.165, 1.54) is 17.4 Å². The average molecular weight is 444 g/mol. The zero-order valence-electron chi connectivity index (χ0n) is 16.7. The van der Waals surface area contributed by atoms with Gasteiger partial charge in [-0.05, 0) is 30.0 Å². The lowest BCUT2D eigenvalue weighted by Crippen LogP contribution is -2.56. The molecule has 0 saturated carbocycles. The normalized spacial score (nSPS) is 14.9. The summed E-state index contributed by atoms with van der Waals surface area (Å²) in [7, 11) is 0. The highest BCUT2D eigenvalue weighted by atomic mass is 32.1. The summed E-state index contributed by atoms with van der Waals surface area (Å²) in [6, 6.07) is 2.85. The van der Waals surface area contributed by atoms with Crippen molar-refractivity contribution in [2.75, 3.05) is 31.6 Å². The predicted molar refractivity (Wildman–Crippen MR) is 113 cm³/mol. The number of likely N-dealkylation sites (tertiary alicyclic amines) is 1. The summed E-state index contributed by atoms with van der Waals surface area (Å²) in [5.41, 5.74) is 1.52. The van der Waals surface area contributed by atoms with E-state index < -0.39 is 5.82 Å². The lowest BCUT2D eigenvalue weighted by molar-refractivity contribution is -0.129. The number of thiophene rings is 1. The van der Waals surface area contributed by atoms with Crippen molar-refractivity contribution in [3.8, 4) is 0 Å². The number of hydrogen-bond donors (Lipinski definition) is 3. The van der Waals surface area contributed by atoms with Crippen LogP contribution in [0.4, 0.5) is 10.3 Å². The third kappa shape index (κ3) is 4.47. The molecule has 1 fully saturated rings. The number of fused-ring (bicyclic) bond motifs is 1. The van der Waals surface area contributed by atoms with Crippen LogP contribution in [0.1, 0.15) is 29.0 Å². The Morgan fingerprint density at radius 2 is 2.16 bits per heavy atom. The van der Waals surface area contributed by atoms with Crippen molar-refractivity contribution < 1.29 is 19.1 Å². The Kier molecular flexibility index (Phi) is 6.05. The summed E-state index contributed by atoms with van der Waals surface area (Å²) in [5, 5.41) is 16.4. The molecule has 4 heterocycles. The van der Waals surface area contributed by atoms with Gasteiger partial charge in [-0.3, -0.25) is 14.6 Å². The molecular weight excluding hydrogens is 423 g/mol. The number of halogens is 1. The maximum Gasteiger partial charge on any atom is 0.274 e. The van der Waals surface area contributed by atoms with Crippen LogP contribution >= 0.6 is 11.3 Å². The molecule has 0 aliphatic carbocycles. The van der Waals surface area contributed by atoms with Crippen LogP contribution in [0.5, 0.6) is 0 Å². The number of aliphatic hydroxyl groups excluding tert-OH is 1. The fourth-order valence-electron chi connectivity index (χ4n) is 3.30. The van der Waals surface area contributed by atoms with Gasteiger partial charge < -0.3 is 20.6 Å². The molecule has 162 valence electrons. The molecule has 31 heavy (non-hydrogen) atoms. The van der Waals surface area contributed by atoms with Crippen LogP contribution in [0, 0.1) is 11.7 Å². The van der Waals surface area contributed by atoms with Crippen molar-refractivity contribution in [1.82, 2.24) is 25.2 Å². The lowest BCUT2D eigenvalue weighted by atomic mass is 9.98. The van der Waals surface area contributed by atoms with E-state index >= 15 is 0 Å². The Bertz CT molecular complexity index is 1120. The van der Waals surface area contributed by atoms with Crippen LogP contribution in [0.3, 0.4) is 0 Å². The van der Waals surface area contributed by atoms with Crippen molar-refractivity contribution in [2.45, 2.75) is 13.0 Å². The van der Waals surface area contributed by atoms with E-state index in [1.807, 2.05) is 12.3 Å². The first kappa shape index (κ1) is 21.1. The van der Waals surface area contributed by atoms with Gasteiger partial charge in [0.25, 0.3) is 5.91 Å². The highest BCUT2D eigenvalue weighted by Gasteiger charge is 2.37. The molecule has 3 aromatic heterocycles. The van der Waals surface area contributed by atoms with Crippen molar-refractivity contribution in [3.63, 3.8) is 0 Å². The van der Waals surface area contributed by atoms with Crippen molar-refractivity contribution in [1.29, 1.82) is 0 Å². The Morgan fingerprint density at radius 1 is 1.35 bits per heavy atom. The van der Waals surface area contributed by atoms with Gasteiger partial charge in [-0.15, -0.1) is 11.3 Å². The first-order valence-electron chi connectivity index (χ1n) is 9.76. The van der Waals surface area contributed by atoms with Gasteiger partial charge in [0.05, 0.1) is 35.0 Å². The Balaban J connectivity index is 1.51. The number of aromatic nitrogens is 3. The number of nitrogens with one attached hydrogen (secondary N) is 2. The monoisotopic (exact) mass is 444 g/mol. The predicted octanol–water partition coefficient (Wildman–Crippen LogP) is 1.58. The van der Waals surface area contributed by atoms with Gasteiger partial charge in [-0.1, -0.05) is 0 Å². The number of pyridine rings is 1. The highest BCUT2D eigenvalue weighted by molar-refractivity contribution is 7.17. The molecule has 0 bridgehead atoms. The van der Waals surface area contributed by atoms with Crippen molar-refractivity contribution >= 4 is 39.3 Å². The van der Waals surface area contributed by atoms with Gasteiger partial charge in [0.2, 0.25) is 11.9 Å². The van der Waals surface area contributed by atoms with Crippen LogP contribution in [-0.2, 0) is 4.79 Å². The largest absolute Gasteiger partial charge is 0.395 e. The minimum atomic E-state index is -0.438. The summed E-state index contributed by atoms with van der Waals surface area (Å²) in [4.78, 5) is 39.3. The third-order valence-electron chi connectivity index (χ3n) is 5.03. The Labute approximate surface area is 181 Å². The van der Waals surface area contributed by atoms with E-state index in [-0.39, 0.29) is 48.6 Å². The second kappa shape index (κ2) is 8.90. The summed E-state index contributed by atoms with van der Waals surface area (Å²) in [6.07, 6.45) is 2.68. The molecule has 3 N–H and O–H groups in total. The van der Waals surface area contributed by atoms with Gasteiger partial charge in [-0.2, -0.15) is 0 Å². The maximum atomic E-state index is 13.5. The summed E-state index contributed by atoms with van der Waals surface area (Å²) < 4.78 is 14.2. The van der Waals surface area contributed by atoms with Gasteiger partial charge in [0.1, 0.15) is 5.82 Å². The number of anilines is 1. The van der Waals surface area contributed by atoms with Gasteiger partial charge in [0, 0.05) is 25.8 Å². The van der Waals surface area contributed by atoms with Crippen molar-refractivity contribution in [2.24, 2.45) is 5.92 Å². The standard InChI is InChI=1S/C20H21FN6O3S/c1-11(12-6-14(21)8-22-7-12)24-20-25-15-2-5-31-17(15)16(26-20)19(30)27-9-13(10-27)18(29)23-3-4-28/h2,5-8,11,13,28H,3-4,9-10H2,1H3,(H,23,29)(H,24,25,26). The van der Waals surface area contributed by atoms with Gasteiger partial charge in [-0.25, -0.2) is 14.4 Å². The minimum Gasteiger partial charge on any atom is -0.395 e. The van der Waals surface area contributed by atoms with E-state index in [0.29, 0.717) is 28.9 Å². The molecule has 1 aliphatic rings. The first-order chi connectivity index (χ1) is 15.0. The van der Waals surface area contributed by atoms with E-state index in [0.717, 1.165) is 6.20 Å². The van der Waals surface area contributed by atoms with Crippen LogP contribution in [0.2, 0.25) is 0 Å².